The summed E-state index contributed by atoms with van der Waals surface area (Å²) in [4.78, 5) is 18.5. The molecule has 0 amide bonds. The predicted octanol–water partition coefficient (Wildman–Crippen LogP) is 5.67. The van der Waals surface area contributed by atoms with Crippen LogP contribution < -0.4 is 0 Å². The lowest BCUT2D eigenvalue weighted by atomic mass is 9.95. The van der Waals surface area contributed by atoms with Gasteiger partial charge in [0, 0.05) is 27.3 Å². The Morgan fingerprint density at radius 2 is 1.45 bits per heavy atom. The smallest absolute Gasteiger partial charge is 0.247 e. The van der Waals surface area contributed by atoms with Crippen LogP contribution in [-0.2, 0) is 0 Å². The van der Waals surface area contributed by atoms with E-state index in [9.17, 15) is 4.79 Å². The Hall–Kier alpha value is -2.85. The van der Waals surface area contributed by atoms with E-state index in [1.165, 1.54) is 17.2 Å². The first-order chi connectivity index (χ1) is 15.3. The first kappa shape index (κ1) is 20.1. The highest BCUT2D eigenvalue weighted by atomic mass is 32.2. The summed E-state index contributed by atoms with van der Waals surface area (Å²) >= 11 is 1.72. The van der Waals surface area contributed by atoms with Crippen molar-refractivity contribution < 1.29 is 9.37 Å². The fraction of sp³-hybridized carbons (Fsp3) is 0.259. The van der Waals surface area contributed by atoms with E-state index in [4.69, 9.17) is 0 Å². The van der Waals surface area contributed by atoms with Gasteiger partial charge in [0.25, 0.3) is 0 Å². The minimum atomic E-state index is -0.260. The monoisotopic (exact) mass is 427 g/mol. The van der Waals surface area contributed by atoms with Gasteiger partial charge in [0.15, 0.2) is 6.04 Å². The van der Waals surface area contributed by atoms with E-state index in [2.05, 4.69) is 45.9 Å². The quantitative estimate of drug-likeness (QED) is 0.374. The van der Waals surface area contributed by atoms with Crippen molar-refractivity contribution in [1.82, 2.24) is 4.90 Å². The molecule has 0 radical (unpaired) electrons. The summed E-state index contributed by atoms with van der Waals surface area (Å²) in [6, 6.07) is 28.5. The Labute approximate surface area is 188 Å². The third-order valence-corrected chi connectivity index (χ3v) is 7.16. The third-order valence-electron chi connectivity index (χ3n) is 6.15. The van der Waals surface area contributed by atoms with Crippen LogP contribution in [0.4, 0.5) is 0 Å². The summed E-state index contributed by atoms with van der Waals surface area (Å²) in [6.45, 7) is 3.18. The van der Waals surface area contributed by atoms with Crippen molar-refractivity contribution in [2.24, 2.45) is 0 Å². The van der Waals surface area contributed by atoms with Gasteiger partial charge in [-0.15, -0.1) is 0 Å². The summed E-state index contributed by atoms with van der Waals surface area (Å²) in [7, 11) is 0. The average molecular weight is 428 g/mol. The van der Waals surface area contributed by atoms with Crippen LogP contribution in [0, 0.1) is 0 Å². The molecule has 5 rings (SSSR count). The zero-order chi connectivity index (χ0) is 21.0. The lowest BCUT2D eigenvalue weighted by Crippen LogP contribution is -2.46. The van der Waals surface area contributed by atoms with Gasteiger partial charge in [0.2, 0.25) is 11.6 Å². The van der Waals surface area contributed by atoms with E-state index in [-0.39, 0.29) is 11.8 Å². The summed E-state index contributed by atoms with van der Waals surface area (Å²) in [5.74, 6) is 1.54. The number of nitrogens with zero attached hydrogens (tertiary/aromatic N) is 2. The van der Waals surface area contributed by atoms with Crippen LogP contribution in [0.1, 0.15) is 41.2 Å². The maximum atomic E-state index is 13.8. The molecule has 0 bridgehead atoms. The van der Waals surface area contributed by atoms with Gasteiger partial charge in [-0.05, 0) is 30.7 Å². The van der Waals surface area contributed by atoms with Crippen LogP contribution in [0.25, 0.3) is 0 Å². The minimum absolute atomic E-state index is 0.184. The van der Waals surface area contributed by atoms with Gasteiger partial charge in [-0.25, -0.2) is 0 Å². The van der Waals surface area contributed by atoms with Crippen molar-refractivity contribution in [1.29, 1.82) is 0 Å². The first-order valence-corrected chi connectivity index (χ1v) is 11.9. The Bertz CT molecular complexity index is 1080. The zero-order valence-electron chi connectivity index (χ0n) is 17.6. The molecule has 3 nitrogen and oxygen atoms in total. The molecule has 0 saturated carbocycles. The molecule has 2 aliphatic rings. The predicted molar refractivity (Wildman–Crippen MR) is 126 cm³/mol. The number of rotatable bonds is 6. The number of hydrogen-bond donors (Lipinski definition) is 0. The van der Waals surface area contributed by atoms with Gasteiger partial charge >= 0.3 is 0 Å². The maximum Gasteiger partial charge on any atom is 0.247 e. The molecule has 3 aromatic carbocycles. The Balaban J connectivity index is 1.44. The summed E-state index contributed by atoms with van der Waals surface area (Å²) in [5, 5.41) is 0. The van der Waals surface area contributed by atoms with Crippen LogP contribution in [0.2, 0.25) is 0 Å². The van der Waals surface area contributed by atoms with Gasteiger partial charge in [0.1, 0.15) is 0 Å². The topological polar surface area (TPSA) is 23.3 Å². The molecule has 2 heterocycles. The largest absolute Gasteiger partial charge is 0.289 e. The summed E-state index contributed by atoms with van der Waals surface area (Å²) in [6.07, 6.45) is 3.36. The molecular formula is C27H27N2OS+. The number of carbonyl (C=O) groups is 1. The second kappa shape index (κ2) is 9.11. The molecule has 4 heteroatoms. The molecule has 31 heavy (non-hydrogen) atoms. The van der Waals surface area contributed by atoms with Crippen LogP contribution in [0.15, 0.2) is 94.7 Å². The molecule has 0 N–H and O–H groups in total. The highest BCUT2D eigenvalue weighted by Crippen LogP contribution is 2.32. The molecule has 0 aliphatic carbocycles. The number of ketones is 1. The van der Waals surface area contributed by atoms with E-state index in [0.717, 1.165) is 48.5 Å². The van der Waals surface area contributed by atoms with Crippen LogP contribution in [-0.4, -0.2) is 40.7 Å². The lowest BCUT2D eigenvalue weighted by Gasteiger charge is -2.30. The van der Waals surface area contributed by atoms with Crippen LogP contribution in [0.3, 0.4) is 0 Å². The van der Waals surface area contributed by atoms with E-state index in [0.29, 0.717) is 0 Å². The Morgan fingerprint density at radius 3 is 2.19 bits per heavy atom. The number of carbonyl (C=O) groups excluding carboxylic acids is 1. The maximum absolute atomic E-state index is 13.8. The zero-order valence-corrected chi connectivity index (χ0v) is 18.4. The average Bonchev–Trinajstić information content (AvgIpc) is 3.31. The molecule has 1 atom stereocenters. The van der Waals surface area contributed by atoms with Gasteiger partial charge in [-0.2, -0.15) is 0 Å². The van der Waals surface area contributed by atoms with Gasteiger partial charge in [0.05, 0.1) is 26.1 Å². The van der Waals surface area contributed by atoms with Crippen LogP contribution >= 0.6 is 11.8 Å². The van der Waals surface area contributed by atoms with Gasteiger partial charge in [-0.3, -0.25) is 14.3 Å². The molecule has 0 fully saturated rings. The standard InChI is InChI=1S/C27H27N2OS/c30-27(22-14-16-24(17-15-22)31-23-11-5-2-6-12-23)26(21-9-3-1-4-10-21)29-20-8-19-28-18-7-13-25(28)29/h1-6,9-12,14-17,26H,7-8,13,18-20H2/q+1. The first-order valence-electron chi connectivity index (χ1n) is 11.1. The lowest BCUT2D eigenvalue weighted by molar-refractivity contribution is -0.530. The molecule has 3 aromatic rings. The van der Waals surface area contributed by atoms with E-state index in [1.54, 1.807) is 11.8 Å². The third kappa shape index (κ3) is 4.31. The van der Waals surface area contributed by atoms with Crippen molar-refractivity contribution in [3.63, 3.8) is 0 Å². The van der Waals surface area contributed by atoms with E-state index in [1.807, 2.05) is 48.5 Å². The number of Topliss-reactive ketones (excluding diaryl/α,β-unsaturated/α-hetero) is 1. The van der Waals surface area contributed by atoms with Crippen molar-refractivity contribution in [2.75, 3.05) is 19.6 Å². The molecular weight excluding hydrogens is 400 g/mol. The molecule has 0 spiro atoms. The molecule has 0 saturated heterocycles. The number of amidine groups is 1. The number of benzene rings is 3. The highest BCUT2D eigenvalue weighted by molar-refractivity contribution is 7.99. The van der Waals surface area contributed by atoms with E-state index >= 15 is 0 Å². The van der Waals surface area contributed by atoms with Crippen molar-refractivity contribution >= 4 is 23.4 Å². The normalized spacial score (nSPS) is 16.8. The van der Waals surface area contributed by atoms with Gasteiger partial charge in [-0.1, -0.05) is 72.4 Å². The van der Waals surface area contributed by atoms with Crippen molar-refractivity contribution in [2.45, 2.75) is 35.1 Å². The Kier molecular flexibility index (Phi) is 5.90. The molecule has 156 valence electrons. The summed E-state index contributed by atoms with van der Waals surface area (Å²) < 4.78 is 2.48. The second-order valence-corrected chi connectivity index (χ2v) is 9.32. The molecule has 0 aromatic heterocycles. The molecule has 2 aliphatic heterocycles. The Morgan fingerprint density at radius 1 is 0.806 bits per heavy atom. The van der Waals surface area contributed by atoms with Gasteiger partial charge < -0.3 is 0 Å². The number of hydrogen-bond acceptors (Lipinski definition) is 3. The second-order valence-electron chi connectivity index (χ2n) is 8.17. The minimum Gasteiger partial charge on any atom is -0.289 e. The fourth-order valence-electron chi connectivity index (χ4n) is 4.70. The SMILES string of the molecule is O=C(c1ccc(Sc2ccccc2)cc1)C(c1ccccc1)N1CCC[N+]2=C1CCC2. The molecule has 1 unspecified atom stereocenters. The fourth-order valence-corrected chi connectivity index (χ4v) is 5.54. The van der Waals surface area contributed by atoms with Crippen molar-refractivity contribution in [3.05, 3.63) is 96.1 Å². The van der Waals surface area contributed by atoms with Crippen LogP contribution in [0.5, 0.6) is 0 Å². The summed E-state index contributed by atoms with van der Waals surface area (Å²) in [5.41, 5.74) is 1.86. The highest BCUT2D eigenvalue weighted by Gasteiger charge is 2.40. The van der Waals surface area contributed by atoms with Crippen molar-refractivity contribution in [3.8, 4) is 0 Å². The van der Waals surface area contributed by atoms with E-state index < -0.39 is 0 Å².